The SMILES string of the molecule is COc1ccc(COc2ccc3c(c2)CN(C(=O)c2ccc(=O)n(CCF)c2)CC3)nc1. The van der Waals surface area contributed by atoms with E-state index in [0.29, 0.717) is 36.8 Å². The van der Waals surface area contributed by atoms with Gasteiger partial charge in [-0.2, -0.15) is 0 Å². The topological polar surface area (TPSA) is 73.7 Å². The number of fused-ring (bicyclic) bond motifs is 1. The fraction of sp³-hybridized carbons (Fsp3) is 0.292. The summed E-state index contributed by atoms with van der Waals surface area (Å²) in [4.78, 5) is 30.8. The van der Waals surface area contributed by atoms with E-state index in [1.54, 1.807) is 18.2 Å². The minimum Gasteiger partial charge on any atom is -0.495 e. The van der Waals surface area contributed by atoms with E-state index in [4.69, 9.17) is 9.47 Å². The molecule has 0 aliphatic carbocycles. The lowest BCUT2D eigenvalue weighted by molar-refractivity contribution is 0.0733. The summed E-state index contributed by atoms with van der Waals surface area (Å²) in [5.41, 5.74) is 3.02. The molecule has 0 fully saturated rings. The fourth-order valence-electron chi connectivity index (χ4n) is 3.68. The van der Waals surface area contributed by atoms with E-state index in [2.05, 4.69) is 4.98 Å². The van der Waals surface area contributed by atoms with Crippen LogP contribution in [0.3, 0.4) is 0 Å². The van der Waals surface area contributed by atoms with Gasteiger partial charge >= 0.3 is 0 Å². The summed E-state index contributed by atoms with van der Waals surface area (Å²) in [7, 11) is 1.59. The molecule has 166 valence electrons. The molecule has 0 radical (unpaired) electrons. The molecule has 1 aliphatic rings. The molecule has 7 nitrogen and oxygen atoms in total. The van der Waals surface area contributed by atoms with Crippen LogP contribution in [0, 0.1) is 0 Å². The fourth-order valence-corrected chi connectivity index (χ4v) is 3.68. The van der Waals surface area contributed by atoms with Gasteiger partial charge in [0.1, 0.15) is 24.8 Å². The summed E-state index contributed by atoms with van der Waals surface area (Å²) in [6.45, 7) is 0.607. The van der Waals surface area contributed by atoms with Crippen LogP contribution in [-0.2, 0) is 26.1 Å². The van der Waals surface area contributed by atoms with Gasteiger partial charge in [-0.1, -0.05) is 6.07 Å². The van der Waals surface area contributed by atoms with Crippen molar-refractivity contribution in [3.63, 3.8) is 0 Å². The van der Waals surface area contributed by atoms with Gasteiger partial charge in [0.05, 0.1) is 31.1 Å². The number of benzene rings is 1. The quantitative estimate of drug-likeness (QED) is 0.568. The summed E-state index contributed by atoms with van der Waals surface area (Å²) in [6, 6.07) is 12.4. The molecule has 3 aromatic rings. The third-order valence-electron chi connectivity index (χ3n) is 5.45. The number of amides is 1. The van der Waals surface area contributed by atoms with Crippen LogP contribution < -0.4 is 15.0 Å². The first-order chi connectivity index (χ1) is 15.6. The molecule has 8 heteroatoms. The van der Waals surface area contributed by atoms with Gasteiger partial charge < -0.3 is 18.9 Å². The first-order valence-electron chi connectivity index (χ1n) is 10.4. The highest BCUT2D eigenvalue weighted by Crippen LogP contribution is 2.25. The number of hydrogen-bond donors (Lipinski definition) is 0. The molecule has 0 N–H and O–H groups in total. The first-order valence-corrected chi connectivity index (χ1v) is 10.4. The molecule has 3 heterocycles. The van der Waals surface area contributed by atoms with Gasteiger partial charge in [-0.25, -0.2) is 4.39 Å². The van der Waals surface area contributed by atoms with E-state index in [9.17, 15) is 14.0 Å². The van der Waals surface area contributed by atoms with E-state index in [0.717, 1.165) is 17.7 Å². The Hall–Kier alpha value is -3.68. The molecule has 0 bridgehead atoms. The molecule has 32 heavy (non-hydrogen) atoms. The van der Waals surface area contributed by atoms with Crippen LogP contribution in [0.4, 0.5) is 4.39 Å². The van der Waals surface area contributed by atoms with Crippen molar-refractivity contribution in [1.29, 1.82) is 0 Å². The maximum atomic E-state index is 13.0. The summed E-state index contributed by atoms with van der Waals surface area (Å²) in [6.07, 6.45) is 3.80. The number of carbonyl (C=O) groups excluding carboxylic acids is 1. The Labute approximate surface area is 185 Å². The van der Waals surface area contributed by atoms with E-state index in [-0.39, 0.29) is 18.0 Å². The van der Waals surface area contributed by atoms with Gasteiger partial charge in [-0.15, -0.1) is 0 Å². The van der Waals surface area contributed by atoms with Crippen molar-refractivity contribution in [2.75, 3.05) is 20.3 Å². The number of methoxy groups -OCH3 is 1. The molecule has 2 aromatic heterocycles. The Morgan fingerprint density at radius 1 is 1.12 bits per heavy atom. The first kappa shape index (κ1) is 21.5. The van der Waals surface area contributed by atoms with Gasteiger partial charge in [0, 0.05) is 25.4 Å². The van der Waals surface area contributed by atoms with Crippen molar-refractivity contribution in [2.45, 2.75) is 26.1 Å². The number of pyridine rings is 2. The molecule has 0 spiro atoms. The lowest BCUT2D eigenvalue weighted by atomic mass is 9.99. The standard InChI is InChI=1S/C24H24FN3O4/c1-31-22-6-4-20(26-13-22)16-32-21-5-2-17-8-10-28(15-19(17)12-21)24(30)18-3-7-23(29)27(14-18)11-9-25/h2-7,12-14H,8-11,15-16H2,1H3. The van der Waals surface area contributed by atoms with E-state index in [1.165, 1.54) is 28.5 Å². The number of ether oxygens (including phenoxy) is 2. The van der Waals surface area contributed by atoms with Crippen LogP contribution in [0.1, 0.15) is 27.2 Å². The monoisotopic (exact) mass is 437 g/mol. The zero-order chi connectivity index (χ0) is 22.5. The van der Waals surface area contributed by atoms with Crippen LogP contribution in [0.2, 0.25) is 0 Å². The van der Waals surface area contributed by atoms with Crippen LogP contribution in [0.15, 0.2) is 59.7 Å². The lowest BCUT2D eigenvalue weighted by Crippen LogP contribution is -2.36. The van der Waals surface area contributed by atoms with E-state index < -0.39 is 6.67 Å². The maximum absolute atomic E-state index is 13.0. The number of rotatable bonds is 7. The predicted octanol–water partition coefficient (Wildman–Crippen LogP) is 3.00. The second-order valence-electron chi connectivity index (χ2n) is 7.52. The van der Waals surface area contributed by atoms with Crippen molar-refractivity contribution >= 4 is 5.91 Å². The third-order valence-corrected chi connectivity index (χ3v) is 5.45. The van der Waals surface area contributed by atoms with Crippen molar-refractivity contribution in [3.05, 3.63) is 87.6 Å². The summed E-state index contributed by atoms with van der Waals surface area (Å²) >= 11 is 0. The van der Waals surface area contributed by atoms with Crippen LogP contribution in [0.5, 0.6) is 11.5 Å². The molecule has 0 saturated heterocycles. The zero-order valence-electron chi connectivity index (χ0n) is 17.8. The summed E-state index contributed by atoms with van der Waals surface area (Å²) in [5.74, 6) is 1.21. The van der Waals surface area contributed by atoms with Gasteiger partial charge in [0.15, 0.2) is 0 Å². The molecule has 1 aliphatic heterocycles. The highest BCUT2D eigenvalue weighted by atomic mass is 19.1. The predicted molar refractivity (Wildman–Crippen MR) is 117 cm³/mol. The Morgan fingerprint density at radius 3 is 2.72 bits per heavy atom. The van der Waals surface area contributed by atoms with Crippen molar-refractivity contribution in [3.8, 4) is 11.5 Å². The smallest absolute Gasteiger partial charge is 0.255 e. The normalized spacial score (nSPS) is 12.9. The number of alkyl halides is 1. The molecule has 0 saturated carbocycles. The van der Waals surface area contributed by atoms with Crippen LogP contribution >= 0.6 is 0 Å². The van der Waals surface area contributed by atoms with Gasteiger partial charge in [-0.05, 0) is 47.9 Å². The number of aromatic nitrogens is 2. The second-order valence-corrected chi connectivity index (χ2v) is 7.52. The van der Waals surface area contributed by atoms with Crippen LogP contribution in [-0.4, -0.2) is 40.7 Å². The lowest BCUT2D eigenvalue weighted by Gasteiger charge is -2.29. The van der Waals surface area contributed by atoms with Gasteiger partial charge in [-0.3, -0.25) is 14.6 Å². The Balaban J connectivity index is 1.45. The molecule has 1 amide bonds. The molecule has 1 aromatic carbocycles. The van der Waals surface area contributed by atoms with E-state index in [1.807, 2.05) is 30.3 Å². The van der Waals surface area contributed by atoms with E-state index >= 15 is 0 Å². The Bertz CT molecular complexity index is 1160. The minimum atomic E-state index is -0.663. The number of nitrogens with zero attached hydrogens (tertiary/aromatic N) is 3. The number of hydrogen-bond acceptors (Lipinski definition) is 5. The van der Waals surface area contributed by atoms with Crippen LogP contribution in [0.25, 0.3) is 0 Å². The molecule has 0 atom stereocenters. The second kappa shape index (κ2) is 9.64. The molecule has 4 rings (SSSR count). The molecular weight excluding hydrogens is 413 g/mol. The summed E-state index contributed by atoms with van der Waals surface area (Å²) in [5, 5.41) is 0. The molecular formula is C24H24FN3O4. The van der Waals surface area contributed by atoms with Gasteiger partial charge in [0.25, 0.3) is 11.5 Å². The maximum Gasteiger partial charge on any atom is 0.255 e. The highest BCUT2D eigenvalue weighted by molar-refractivity contribution is 5.94. The minimum absolute atomic E-state index is 0.0630. The van der Waals surface area contributed by atoms with Gasteiger partial charge in [0.2, 0.25) is 0 Å². The number of carbonyl (C=O) groups is 1. The molecule has 0 unspecified atom stereocenters. The summed E-state index contributed by atoms with van der Waals surface area (Å²) < 4.78 is 24.9. The Kier molecular flexibility index (Phi) is 6.49. The van der Waals surface area contributed by atoms with Crippen molar-refractivity contribution < 1.29 is 18.7 Å². The van der Waals surface area contributed by atoms with Crippen molar-refractivity contribution in [2.24, 2.45) is 0 Å². The van der Waals surface area contributed by atoms with Crippen molar-refractivity contribution in [1.82, 2.24) is 14.5 Å². The number of aryl methyl sites for hydroxylation is 1. The largest absolute Gasteiger partial charge is 0.495 e. The average molecular weight is 437 g/mol. The highest BCUT2D eigenvalue weighted by Gasteiger charge is 2.23. The number of halogens is 1. The third kappa shape index (κ3) is 4.80. The average Bonchev–Trinajstić information content (AvgIpc) is 2.83. The Morgan fingerprint density at radius 2 is 1.97 bits per heavy atom. The zero-order valence-corrected chi connectivity index (χ0v) is 17.8.